The molecule has 0 aliphatic heterocycles. The Morgan fingerprint density at radius 2 is 1.78 bits per heavy atom. The molecule has 2 aromatic heterocycles. The molecule has 3 aromatic carbocycles. The number of H-pyrrole nitrogens is 1. The number of rotatable bonds is 5. The third-order valence-corrected chi connectivity index (χ3v) is 4.94. The Hall–Kier alpha value is -4.72. The number of carbonyl (C=O) groups is 1. The number of hydrogen-bond acceptors (Lipinski definition) is 6. The van der Waals surface area contributed by atoms with Crippen molar-refractivity contribution in [2.24, 2.45) is 0 Å². The summed E-state index contributed by atoms with van der Waals surface area (Å²) in [6, 6.07) is 24.3. The first kappa shape index (κ1) is 19.3. The van der Waals surface area contributed by atoms with Gasteiger partial charge in [-0.05, 0) is 48.5 Å². The number of nitrogens with two attached hydrogens (primary N) is 1. The molecule has 5 rings (SSSR count). The van der Waals surface area contributed by atoms with E-state index >= 15 is 0 Å². The fourth-order valence-corrected chi connectivity index (χ4v) is 3.44. The monoisotopic (exact) mass is 421 g/mol. The Kier molecular flexibility index (Phi) is 4.93. The van der Waals surface area contributed by atoms with Crippen molar-refractivity contribution in [3.05, 3.63) is 90.6 Å². The van der Waals surface area contributed by atoms with Gasteiger partial charge in [0.1, 0.15) is 11.5 Å². The second kappa shape index (κ2) is 8.19. The van der Waals surface area contributed by atoms with E-state index in [-0.39, 0.29) is 11.9 Å². The third kappa shape index (κ3) is 3.97. The van der Waals surface area contributed by atoms with Gasteiger partial charge in [-0.3, -0.25) is 9.89 Å². The summed E-state index contributed by atoms with van der Waals surface area (Å²) in [7, 11) is 0. The van der Waals surface area contributed by atoms with Gasteiger partial charge in [0.05, 0.1) is 5.52 Å². The Morgan fingerprint density at radius 1 is 0.906 bits per heavy atom. The Balaban J connectivity index is 1.44. The Bertz CT molecular complexity index is 1410. The van der Waals surface area contributed by atoms with Crippen molar-refractivity contribution < 1.29 is 4.79 Å². The smallest absolute Gasteiger partial charge is 0.255 e. The summed E-state index contributed by atoms with van der Waals surface area (Å²) >= 11 is 0. The number of benzene rings is 3. The molecule has 0 radical (unpaired) electrons. The van der Waals surface area contributed by atoms with Crippen LogP contribution in [0.3, 0.4) is 0 Å². The van der Waals surface area contributed by atoms with Crippen LogP contribution in [0.4, 0.5) is 23.1 Å². The minimum Gasteiger partial charge on any atom is -0.368 e. The molecule has 0 bridgehead atoms. The molecule has 5 N–H and O–H groups in total. The van der Waals surface area contributed by atoms with Gasteiger partial charge in [0.25, 0.3) is 5.91 Å². The molecule has 2 heterocycles. The molecular weight excluding hydrogens is 402 g/mol. The lowest BCUT2D eigenvalue weighted by Gasteiger charge is -2.08. The number of amides is 1. The van der Waals surface area contributed by atoms with Crippen LogP contribution in [0.1, 0.15) is 10.4 Å². The zero-order chi connectivity index (χ0) is 21.9. The summed E-state index contributed by atoms with van der Waals surface area (Å²) in [4.78, 5) is 20.6. The van der Waals surface area contributed by atoms with Gasteiger partial charge in [-0.15, -0.1) is 0 Å². The van der Waals surface area contributed by atoms with Gasteiger partial charge in [-0.1, -0.05) is 30.3 Å². The van der Waals surface area contributed by atoms with Crippen LogP contribution in [-0.4, -0.2) is 26.1 Å². The molecule has 0 saturated heterocycles. The molecule has 5 aromatic rings. The number of nitrogens with zero attached hydrogens (tertiary/aromatic N) is 3. The molecule has 0 aliphatic carbocycles. The fraction of sp³-hybridized carbons (Fsp3) is 0. The van der Waals surface area contributed by atoms with Crippen LogP contribution in [0.15, 0.2) is 85.1 Å². The Labute approximate surface area is 183 Å². The highest BCUT2D eigenvalue weighted by atomic mass is 16.1. The van der Waals surface area contributed by atoms with Crippen LogP contribution in [0.2, 0.25) is 0 Å². The van der Waals surface area contributed by atoms with Crippen molar-refractivity contribution >= 4 is 40.0 Å². The maximum absolute atomic E-state index is 12.5. The average Bonchev–Trinajstić information content (AvgIpc) is 3.23. The number of carbonyl (C=O) groups excluding carboxylic acids is 1. The first-order chi connectivity index (χ1) is 15.7. The molecule has 156 valence electrons. The SMILES string of the molecule is Nc1nccc(Nc2ccc3[nH]nc(-c4cccc(NC(=O)c5ccccc5)c4)c3c2)n1. The summed E-state index contributed by atoms with van der Waals surface area (Å²) in [5.41, 5.74) is 10.4. The molecule has 32 heavy (non-hydrogen) atoms. The molecule has 8 nitrogen and oxygen atoms in total. The normalized spacial score (nSPS) is 10.8. The minimum atomic E-state index is -0.162. The van der Waals surface area contributed by atoms with Crippen LogP contribution < -0.4 is 16.4 Å². The van der Waals surface area contributed by atoms with E-state index in [2.05, 4.69) is 30.8 Å². The summed E-state index contributed by atoms with van der Waals surface area (Å²) in [5.74, 6) is 0.646. The van der Waals surface area contributed by atoms with Crippen molar-refractivity contribution in [2.75, 3.05) is 16.4 Å². The topological polar surface area (TPSA) is 122 Å². The number of aromatic amines is 1. The highest BCUT2D eigenvalue weighted by molar-refractivity contribution is 6.04. The highest BCUT2D eigenvalue weighted by Crippen LogP contribution is 2.30. The largest absolute Gasteiger partial charge is 0.368 e. The highest BCUT2D eigenvalue weighted by Gasteiger charge is 2.11. The first-order valence-electron chi connectivity index (χ1n) is 9.96. The van der Waals surface area contributed by atoms with E-state index in [1.807, 2.05) is 60.7 Å². The number of aromatic nitrogens is 4. The van der Waals surface area contributed by atoms with Crippen LogP contribution >= 0.6 is 0 Å². The van der Waals surface area contributed by atoms with Crippen LogP contribution in [0.5, 0.6) is 0 Å². The molecule has 0 saturated carbocycles. The van der Waals surface area contributed by atoms with E-state index in [9.17, 15) is 4.79 Å². The molecular formula is C24H19N7O. The fourth-order valence-electron chi connectivity index (χ4n) is 3.44. The predicted molar refractivity (Wildman–Crippen MR) is 126 cm³/mol. The first-order valence-corrected chi connectivity index (χ1v) is 9.96. The van der Waals surface area contributed by atoms with Gasteiger partial charge in [-0.25, -0.2) is 4.98 Å². The van der Waals surface area contributed by atoms with Crippen molar-refractivity contribution in [1.82, 2.24) is 20.2 Å². The number of nitrogens with one attached hydrogen (secondary N) is 3. The van der Waals surface area contributed by atoms with Gasteiger partial charge in [0, 0.05) is 34.1 Å². The van der Waals surface area contributed by atoms with Crippen molar-refractivity contribution in [3.63, 3.8) is 0 Å². The maximum Gasteiger partial charge on any atom is 0.255 e. The molecule has 1 amide bonds. The quantitative estimate of drug-likeness (QED) is 0.329. The molecule has 0 fully saturated rings. The van der Waals surface area contributed by atoms with Gasteiger partial charge < -0.3 is 16.4 Å². The number of nitrogen functional groups attached to an aromatic ring is 1. The number of hydrogen-bond donors (Lipinski definition) is 4. The van der Waals surface area contributed by atoms with E-state index in [0.717, 1.165) is 27.8 Å². The average molecular weight is 421 g/mol. The van der Waals surface area contributed by atoms with Crippen LogP contribution in [0, 0.1) is 0 Å². The van der Waals surface area contributed by atoms with Crippen LogP contribution in [-0.2, 0) is 0 Å². The van der Waals surface area contributed by atoms with Crippen molar-refractivity contribution in [2.45, 2.75) is 0 Å². The second-order valence-electron chi connectivity index (χ2n) is 7.16. The van der Waals surface area contributed by atoms with Gasteiger partial charge in [0.15, 0.2) is 0 Å². The lowest BCUT2D eigenvalue weighted by molar-refractivity contribution is 0.102. The van der Waals surface area contributed by atoms with Gasteiger partial charge >= 0.3 is 0 Å². The number of anilines is 4. The molecule has 0 atom stereocenters. The van der Waals surface area contributed by atoms with Crippen molar-refractivity contribution in [3.8, 4) is 11.3 Å². The van der Waals surface area contributed by atoms with E-state index in [1.165, 1.54) is 0 Å². The molecule has 8 heteroatoms. The van der Waals surface area contributed by atoms with E-state index < -0.39 is 0 Å². The van der Waals surface area contributed by atoms with Gasteiger partial charge in [-0.2, -0.15) is 10.1 Å². The lowest BCUT2D eigenvalue weighted by atomic mass is 10.1. The molecule has 0 spiro atoms. The predicted octanol–water partition coefficient (Wildman–Crippen LogP) is 4.60. The summed E-state index contributed by atoms with van der Waals surface area (Å²) in [6.07, 6.45) is 1.60. The summed E-state index contributed by atoms with van der Waals surface area (Å²) < 4.78 is 0. The lowest BCUT2D eigenvalue weighted by Crippen LogP contribution is -2.11. The maximum atomic E-state index is 12.5. The van der Waals surface area contributed by atoms with E-state index in [4.69, 9.17) is 5.73 Å². The summed E-state index contributed by atoms with van der Waals surface area (Å²) in [6.45, 7) is 0. The van der Waals surface area contributed by atoms with Crippen molar-refractivity contribution in [1.29, 1.82) is 0 Å². The van der Waals surface area contributed by atoms with Gasteiger partial charge in [0.2, 0.25) is 5.95 Å². The third-order valence-electron chi connectivity index (χ3n) is 4.94. The molecule has 0 unspecified atom stereocenters. The zero-order valence-electron chi connectivity index (χ0n) is 16.9. The van der Waals surface area contributed by atoms with E-state index in [0.29, 0.717) is 17.1 Å². The Morgan fingerprint density at radius 3 is 2.62 bits per heavy atom. The number of fused-ring (bicyclic) bond motifs is 1. The summed E-state index contributed by atoms with van der Waals surface area (Å²) in [5, 5.41) is 14.7. The van der Waals surface area contributed by atoms with Crippen LogP contribution in [0.25, 0.3) is 22.2 Å². The molecule has 0 aliphatic rings. The second-order valence-corrected chi connectivity index (χ2v) is 7.16. The van der Waals surface area contributed by atoms with E-state index in [1.54, 1.807) is 24.4 Å². The zero-order valence-corrected chi connectivity index (χ0v) is 16.9. The standard InChI is InChI=1S/C24H19N7O/c25-24-26-12-11-21(29-24)27-18-9-10-20-19(14-18)22(31-30-20)16-7-4-8-17(13-16)28-23(32)15-5-2-1-3-6-15/h1-14H,(H,28,32)(H,30,31)(H3,25,26,27,29). The minimum absolute atomic E-state index is 0.162.